The summed E-state index contributed by atoms with van der Waals surface area (Å²) in [6.07, 6.45) is 17.8. The van der Waals surface area contributed by atoms with Crippen molar-refractivity contribution >= 4 is 11.8 Å². The molecule has 27 heavy (non-hydrogen) atoms. The van der Waals surface area contributed by atoms with E-state index in [9.17, 15) is 0 Å². The molecule has 1 aromatic carbocycles. The van der Waals surface area contributed by atoms with Crippen LogP contribution in [-0.2, 0) is 0 Å². The summed E-state index contributed by atoms with van der Waals surface area (Å²) in [5.41, 5.74) is 2.28. The topological polar surface area (TPSA) is 40.7 Å². The van der Waals surface area contributed by atoms with Crippen LogP contribution in [0.5, 0.6) is 0 Å². The minimum Gasteiger partial charge on any atom is -0.347 e. The van der Waals surface area contributed by atoms with Crippen LogP contribution in [0.1, 0.15) is 76.1 Å². The molecule has 1 heterocycles. The van der Waals surface area contributed by atoms with Crippen molar-refractivity contribution in [3.05, 3.63) is 36.3 Å². The van der Waals surface area contributed by atoms with Gasteiger partial charge >= 0.3 is 0 Å². The van der Waals surface area contributed by atoms with Crippen LogP contribution in [0.15, 0.2) is 35.4 Å². The van der Waals surface area contributed by atoms with Crippen LogP contribution in [-0.4, -0.2) is 22.3 Å². The lowest BCUT2D eigenvalue weighted by atomic mass is 9.82. The van der Waals surface area contributed by atoms with Crippen LogP contribution in [0.25, 0.3) is 11.3 Å². The molecule has 0 spiro atoms. The molecule has 0 bridgehead atoms. The van der Waals surface area contributed by atoms with E-state index in [4.69, 9.17) is 4.98 Å². The molecular formula is C23H33N3S. The Morgan fingerprint density at radius 2 is 1.63 bits per heavy atom. The number of aromatic amines is 1. The molecule has 3 nitrogen and oxygen atoms in total. The number of nitrogens with zero attached hydrogens (tertiary/aromatic N) is 1. The molecule has 1 atom stereocenters. The van der Waals surface area contributed by atoms with Crippen molar-refractivity contribution in [2.75, 3.05) is 6.26 Å². The highest BCUT2D eigenvalue weighted by Gasteiger charge is 2.29. The molecule has 146 valence electrons. The summed E-state index contributed by atoms with van der Waals surface area (Å²) < 4.78 is 0. The molecule has 2 aromatic rings. The summed E-state index contributed by atoms with van der Waals surface area (Å²) in [4.78, 5) is 9.89. The molecule has 4 rings (SSSR count). The van der Waals surface area contributed by atoms with Crippen molar-refractivity contribution in [1.29, 1.82) is 0 Å². The second-order valence-corrected chi connectivity index (χ2v) is 9.16. The summed E-state index contributed by atoms with van der Waals surface area (Å²) in [7, 11) is 0. The average molecular weight is 384 g/mol. The first-order valence-corrected chi connectivity index (χ1v) is 12.0. The fourth-order valence-corrected chi connectivity index (χ4v) is 5.24. The number of hydrogen-bond donors (Lipinski definition) is 2. The van der Waals surface area contributed by atoms with E-state index in [1.165, 1.54) is 74.7 Å². The molecule has 0 saturated heterocycles. The first-order chi connectivity index (χ1) is 13.3. The lowest BCUT2D eigenvalue weighted by molar-refractivity contribution is 0.227. The van der Waals surface area contributed by atoms with E-state index in [1.54, 1.807) is 11.8 Å². The van der Waals surface area contributed by atoms with E-state index in [2.05, 4.69) is 47.0 Å². The van der Waals surface area contributed by atoms with Crippen LogP contribution in [0, 0.1) is 5.92 Å². The van der Waals surface area contributed by atoms with Crippen molar-refractivity contribution in [2.24, 2.45) is 5.92 Å². The summed E-state index contributed by atoms with van der Waals surface area (Å²) >= 11 is 1.78. The fourth-order valence-electron chi connectivity index (χ4n) is 4.83. The Bertz CT molecular complexity index is 697. The normalized spacial score (nSPS) is 20.6. The van der Waals surface area contributed by atoms with Gasteiger partial charge in [0.15, 0.2) is 0 Å². The monoisotopic (exact) mass is 383 g/mol. The summed E-state index contributed by atoms with van der Waals surface area (Å²) in [6, 6.07) is 9.81. The molecule has 1 unspecified atom stereocenters. The zero-order valence-corrected chi connectivity index (χ0v) is 17.4. The predicted octanol–water partition coefficient (Wildman–Crippen LogP) is 6.34. The van der Waals surface area contributed by atoms with Crippen LogP contribution in [0.2, 0.25) is 0 Å². The number of thioether (sulfide) groups is 1. The van der Waals surface area contributed by atoms with Gasteiger partial charge in [-0.25, -0.2) is 4.98 Å². The average Bonchev–Trinajstić information content (AvgIpc) is 3.23. The van der Waals surface area contributed by atoms with Gasteiger partial charge in [-0.05, 0) is 50.0 Å². The standard InChI is InChI=1S/C23H33N3S/c1-27-20-14-12-17(13-15-20)21-16-24-23(26-21)22(18-8-4-2-5-9-18)25-19-10-6-3-7-11-19/h12-16,18-19,22,25H,2-11H2,1H3,(H,24,26). The fraction of sp³-hybridized carbons (Fsp3) is 0.609. The third-order valence-electron chi connectivity index (χ3n) is 6.42. The molecule has 4 heteroatoms. The van der Waals surface area contributed by atoms with Crippen molar-refractivity contribution in [3.63, 3.8) is 0 Å². The Kier molecular flexibility index (Phi) is 6.56. The van der Waals surface area contributed by atoms with Crippen molar-refractivity contribution < 1.29 is 0 Å². The number of H-pyrrole nitrogens is 1. The van der Waals surface area contributed by atoms with Gasteiger partial charge in [0.2, 0.25) is 0 Å². The predicted molar refractivity (Wildman–Crippen MR) is 115 cm³/mol. The zero-order chi connectivity index (χ0) is 18.5. The second-order valence-electron chi connectivity index (χ2n) is 8.28. The lowest BCUT2D eigenvalue weighted by Crippen LogP contribution is -2.39. The minimum atomic E-state index is 0.382. The molecule has 2 aliphatic carbocycles. The van der Waals surface area contributed by atoms with E-state index >= 15 is 0 Å². The van der Waals surface area contributed by atoms with Crippen LogP contribution in [0.3, 0.4) is 0 Å². The molecule has 2 aliphatic rings. The van der Waals surface area contributed by atoms with Crippen molar-refractivity contribution in [2.45, 2.75) is 81.2 Å². The quantitative estimate of drug-likeness (QED) is 0.572. The number of hydrogen-bond acceptors (Lipinski definition) is 3. The Hall–Kier alpha value is -1.26. The number of imidazole rings is 1. The maximum Gasteiger partial charge on any atom is 0.124 e. The van der Waals surface area contributed by atoms with Crippen LogP contribution in [0.4, 0.5) is 0 Å². The number of nitrogens with one attached hydrogen (secondary N) is 2. The van der Waals surface area contributed by atoms with Gasteiger partial charge in [-0.2, -0.15) is 0 Å². The van der Waals surface area contributed by atoms with Gasteiger partial charge in [-0.3, -0.25) is 0 Å². The highest BCUT2D eigenvalue weighted by atomic mass is 32.2. The van der Waals surface area contributed by atoms with Crippen LogP contribution >= 0.6 is 11.8 Å². The summed E-state index contributed by atoms with van der Waals surface area (Å²) in [5, 5.41) is 4.03. The summed E-state index contributed by atoms with van der Waals surface area (Å²) in [5.74, 6) is 1.87. The van der Waals surface area contributed by atoms with E-state index in [1.807, 2.05) is 0 Å². The number of aromatic nitrogens is 2. The van der Waals surface area contributed by atoms with Crippen LogP contribution < -0.4 is 5.32 Å². The summed E-state index contributed by atoms with van der Waals surface area (Å²) in [6.45, 7) is 0. The largest absolute Gasteiger partial charge is 0.347 e. The van der Waals surface area contributed by atoms with Gasteiger partial charge in [0, 0.05) is 22.7 Å². The van der Waals surface area contributed by atoms with Gasteiger partial charge in [-0.1, -0.05) is 50.7 Å². The molecular weight excluding hydrogens is 350 g/mol. The zero-order valence-electron chi connectivity index (χ0n) is 16.5. The maximum absolute atomic E-state index is 5.05. The molecule has 0 aliphatic heterocycles. The molecule has 1 aromatic heterocycles. The molecule has 0 radical (unpaired) electrons. The molecule has 2 fully saturated rings. The van der Waals surface area contributed by atoms with Gasteiger partial charge in [0.1, 0.15) is 5.82 Å². The molecule has 0 amide bonds. The molecule has 2 saturated carbocycles. The molecule has 2 N–H and O–H groups in total. The first-order valence-electron chi connectivity index (χ1n) is 10.8. The van der Waals surface area contributed by atoms with Crippen molar-refractivity contribution in [3.8, 4) is 11.3 Å². The Morgan fingerprint density at radius 3 is 2.30 bits per heavy atom. The number of rotatable bonds is 6. The third kappa shape index (κ3) is 4.78. The van der Waals surface area contributed by atoms with Gasteiger partial charge in [0.05, 0.1) is 11.7 Å². The number of benzene rings is 1. The Morgan fingerprint density at radius 1 is 0.963 bits per heavy atom. The highest BCUT2D eigenvalue weighted by Crippen LogP contribution is 2.35. The Balaban J connectivity index is 1.54. The Labute approximate surface area is 168 Å². The van der Waals surface area contributed by atoms with Gasteiger partial charge in [-0.15, -0.1) is 11.8 Å². The SMILES string of the molecule is CSc1ccc(-c2c[nH]c(C(NC3CCCCC3)C3CCCCC3)n2)cc1. The van der Waals surface area contributed by atoms with E-state index in [0.29, 0.717) is 12.1 Å². The lowest BCUT2D eigenvalue weighted by Gasteiger charge is -2.34. The van der Waals surface area contributed by atoms with E-state index in [0.717, 1.165) is 17.4 Å². The second kappa shape index (κ2) is 9.29. The smallest absolute Gasteiger partial charge is 0.124 e. The van der Waals surface area contributed by atoms with Crippen molar-refractivity contribution in [1.82, 2.24) is 15.3 Å². The highest BCUT2D eigenvalue weighted by molar-refractivity contribution is 7.98. The van der Waals surface area contributed by atoms with Gasteiger partial charge in [0.25, 0.3) is 0 Å². The van der Waals surface area contributed by atoms with E-state index in [-0.39, 0.29) is 0 Å². The maximum atomic E-state index is 5.05. The minimum absolute atomic E-state index is 0.382. The third-order valence-corrected chi connectivity index (χ3v) is 7.16. The van der Waals surface area contributed by atoms with Gasteiger partial charge < -0.3 is 10.3 Å². The first kappa shape index (κ1) is 19.1. The van der Waals surface area contributed by atoms with E-state index < -0.39 is 0 Å².